The maximum Gasteiger partial charge on any atom is 0.326 e. The number of carbonyl (C=O) groups is 5. The van der Waals surface area contributed by atoms with E-state index in [0.29, 0.717) is 0 Å². The van der Waals surface area contributed by atoms with Gasteiger partial charge in [-0.2, -0.15) is 0 Å². The molecule has 3 amide bonds. The van der Waals surface area contributed by atoms with Crippen LogP contribution in [0.3, 0.4) is 0 Å². The van der Waals surface area contributed by atoms with Gasteiger partial charge in [0.05, 0.1) is 6.10 Å². The third-order valence-corrected chi connectivity index (χ3v) is 4.58. The van der Waals surface area contributed by atoms with Crippen LogP contribution in [0.2, 0.25) is 0 Å². The van der Waals surface area contributed by atoms with Gasteiger partial charge in [-0.3, -0.25) is 19.2 Å². The summed E-state index contributed by atoms with van der Waals surface area (Å²) in [6, 6.07) is -4.88. The number of carbonyl (C=O) groups excluding carboxylic acids is 3. The Hall–Kier alpha value is -2.73. The molecule has 178 valence electrons. The standard InChI is InChI=1S/C19H34N4O8/c1-8(2)14(17(28)21-11(19(30)31)6-7-12(25)26)23-18(29)15(9(3)4)22-16(27)13(20)10(5)24/h8-11,13-15,24H,6-7,20H2,1-5H3,(H,21,28)(H,22,27)(H,23,29)(H,25,26)(H,30,31). The van der Waals surface area contributed by atoms with E-state index in [1.165, 1.54) is 6.92 Å². The molecule has 12 heteroatoms. The summed E-state index contributed by atoms with van der Waals surface area (Å²) in [6.45, 7) is 7.91. The van der Waals surface area contributed by atoms with Gasteiger partial charge < -0.3 is 37.0 Å². The van der Waals surface area contributed by atoms with E-state index in [2.05, 4.69) is 16.0 Å². The predicted octanol–water partition coefficient (Wildman–Crippen LogP) is -1.59. The zero-order valence-corrected chi connectivity index (χ0v) is 18.4. The maximum absolute atomic E-state index is 12.8. The van der Waals surface area contributed by atoms with Gasteiger partial charge in [0, 0.05) is 6.42 Å². The molecule has 0 bridgehead atoms. The summed E-state index contributed by atoms with van der Waals surface area (Å²) in [7, 11) is 0. The number of carboxylic acids is 2. The Morgan fingerprint density at radius 3 is 1.55 bits per heavy atom. The normalized spacial score (nSPS) is 16.0. The molecule has 0 aromatic heterocycles. The van der Waals surface area contributed by atoms with Gasteiger partial charge in [-0.15, -0.1) is 0 Å². The van der Waals surface area contributed by atoms with E-state index >= 15 is 0 Å². The molecule has 8 N–H and O–H groups in total. The van der Waals surface area contributed by atoms with E-state index in [0.717, 1.165) is 0 Å². The molecule has 0 aliphatic carbocycles. The van der Waals surface area contributed by atoms with Crippen LogP contribution in [0.4, 0.5) is 0 Å². The number of aliphatic hydroxyl groups excluding tert-OH is 1. The number of amides is 3. The van der Waals surface area contributed by atoms with E-state index in [1.807, 2.05) is 0 Å². The topological polar surface area (TPSA) is 208 Å². The molecule has 0 spiro atoms. The number of hydrogen-bond acceptors (Lipinski definition) is 7. The number of aliphatic hydroxyl groups is 1. The summed E-state index contributed by atoms with van der Waals surface area (Å²) in [6.07, 6.45) is -1.92. The summed E-state index contributed by atoms with van der Waals surface area (Å²) in [5.74, 6) is -5.66. The summed E-state index contributed by atoms with van der Waals surface area (Å²) in [5, 5.41) is 34.6. The highest BCUT2D eigenvalue weighted by atomic mass is 16.4. The minimum absolute atomic E-state index is 0.322. The molecule has 31 heavy (non-hydrogen) atoms. The highest BCUT2D eigenvalue weighted by Gasteiger charge is 2.33. The van der Waals surface area contributed by atoms with Crippen molar-refractivity contribution >= 4 is 29.7 Å². The number of rotatable bonds is 13. The van der Waals surface area contributed by atoms with E-state index < -0.39 is 72.3 Å². The zero-order valence-electron chi connectivity index (χ0n) is 18.4. The quantitative estimate of drug-likeness (QED) is 0.174. The highest BCUT2D eigenvalue weighted by molar-refractivity contribution is 5.94. The number of nitrogens with one attached hydrogen (secondary N) is 3. The lowest BCUT2D eigenvalue weighted by Gasteiger charge is -2.28. The van der Waals surface area contributed by atoms with Crippen LogP contribution in [0.25, 0.3) is 0 Å². The van der Waals surface area contributed by atoms with Gasteiger partial charge in [0.25, 0.3) is 0 Å². The van der Waals surface area contributed by atoms with Crippen molar-refractivity contribution < 1.29 is 39.3 Å². The molecule has 12 nitrogen and oxygen atoms in total. The second-order valence-corrected chi connectivity index (χ2v) is 8.06. The SMILES string of the molecule is CC(C)C(NC(=O)C(N)C(C)O)C(=O)NC(C(=O)NC(CCC(=O)O)C(=O)O)C(C)C. The smallest absolute Gasteiger partial charge is 0.326 e. The average molecular weight is 447 g/mol. The molecule has 0 saturated carbocycles. The summed E-state index contributed by atoms with van der Waals surface area (Å²) in [5.41, 5.74) is 5.58. The Bertz CT molecular complexity index is 665. The van der Waals surface area contributed by atoms with E-state index in [-0.39, 0.29) is 12.3 Å². The van der Waals surface area contributed by atoms with Gasteiger partial charge in [0.15, 0.2) is 0 Å². The zero-order chi connectivity index (χ0) is 24.5. The lowest BCUT2D eigenvalue weighted by molar-refractivity contribution is -0.143. The van der Waals surface area contributed by atoms with Crippen LogP contribution < -0.4 is 21.7 Å². The third kappa shape index (κ3) is 9.75. The maximum atomic E-state index is 12.8. The van der Waals surface area contributed by atoms with Crippen LogP contribution in [-0.2, 0) is 24.0 Å². The molecule has 5 unspecified atom stereocenters. The molecule has 0 aromatic rings. The monoisotopic (exact) mass is 446 g/mol. The van der Waals surface area contributed by atoms with Gasteiger partial charge >= 0.3 is 11.9 Å². The fourth-order valence-corrected chi connectivity index (χ4v) is 2.57. The second kappa shape index (κ2) is 12.8. The molecule has 5 atom stereocenters. The van der Waals surface area contributed by atoms with Crippen molar-refractivity contribution in [1.82, 2.24) is 16.0 Å². The first-order valence-electron chi connectivity index (χ1n) is 9.98. The predicted molar refractivity (Wildman–Crippen MR) is 110 cm³/mol. The highest BCUT2D eigenvalue weighted by Crippen LogP contribution is 2.08. The number of aliphatic carboxylic acids is 2. The Kier molecular flexibility index (Phi) is 11.7. The molecule has 0 heterocycles. The molecular formula is C19H34N4O8. The Morgan fingerprint density at radius 1 is 0.774 bits per heavy atom. The Morgan fingerprint density at radius 2 is 1.19 bits per heavy atom. The molecular weight excluding hydrogens is 412 g/mol. The summed E-state index contributed by atoms with van der Waals surface area (Å²) < 4.78 is 0. The van der Waals surface area contributed by atoms with Crippen molar-refractivity contribution in [2.24, 2.45) is 17.6 Å². The van der Waals surface area contributed by atoms with E-state index in [1.54, 1.807) is 27.7 Å². The third-order valence-electron chi connectivity index (χ3n) is 4.58. The molecule has 0 rings (SSSR count). The minimum atomic E-state index is -1.44. The van der Waals surface area contributed by atoms with Crippen molar-refractivity contribution in [2.75, 3.05) is 0 Å². The van der Waals surface area contributed by atoms with Crippen LogP contribution in [-0.4, -0.2) is 75.3 Å². The first kappa shape index (κ1) is 28.3. The molecule has 0 radical (unpaired) electrons. The van der Waals surface area contributed by atoms with Crippen LogP contribution in [0.15, 0.2) is 0 Å². The lowest BCUT2D eigenvalue weighted by atomic mass is 9.98. The van der Waals surface area contributed by atoms with Gasteiger partial charge in [0.1, 0.15) is 24.2 Å². The van der Waals surface area contributed by atoms with Crippen molar-refractivity contribution in [2.45, 2.75) is 77.7 Å². The van der Waals surface area contributed by atoms with Crippen LogP contribution >= 0.6 is 0 Å². The summed E-state index contributed by atoms with van der Waals surface area (Å²) >= 11 is 0. The summed E-state index contributed by atoms with van der Waals surface area (Å²) in [4.78, 5) is 59.5. The van der Waals surface area contributed by atoms with Gasteiger partial charge in [-0.05, 0) is 25.2 Å². The van der Waals surface area contributed by atoms with E-state index in [9.17, 15) is 34.2 Å². The average Bonchev–Trinajstić information content (AvgIpc) is 2.64. The minimum Gasteiger partial charge on any atom is -0.481 e. The van der Waals surface area contributed by atoms with Crippen molar-refractivity contribution in [3.63, 3.8) is 0 Å². The Labute approximate surface area is 180 Å². The first-order valence-corrected chi connectivity index (χ1v) is 9.98. The number of nitrogens with two attached hydrogens (primary N) is 1. The number of carboxylic acid groups (broad SMARTS) is 2. The number of hydrogen-bond donors (Lipinski definition) is 7. The van der Waals surface area contributed by atoms with Gasteiger partial charge in [-0.25, -0.2) is 4.79 Å². The molecule has 0 aliphatic rings. The van der Waals surface area contributed by atoms with Crippen LogP contribution in [0.5, 0.6) is 0 Å². The van der Waals surface area contributed by atoms with Crippen LogP contribution in [0, 0.1) is 11.8 Å². The molecule has 0 aliphatic heterocycles. The lowest BCUT2D eigenvalue weighted by Crippen LogP contribution is -2.60. The molecule has 0 aromatic carbocycles. The van der Waals surface area contributed by atoms with Crippen molar-refractivity contribution in [1.29, 1.82) is 0 Å². The van der Waals surface area contributed by atoms with E-state index in [4.69, 9.17) is 10.8 Å². The van der Waals surface area contributed by atoms with Crippen molar-refractivity contribution in [3.05, 3.63) is 0 Å². The van der Waals surface area contributed by atoms with Crippen molar-refractivity contribution in [3.8, 4) is 0 Å². The fraction of sp³-hybridized carbons (Fsp3) is 0.737. The Balaban J connectivity index is 5.36. The fourth-order valence-electron chi connectivity index (χ4n) is 2.57. The molecule has 0 fully saturated rings. The second-order valence-electron chi connectivity index (χ2n) is 8.06. The largest absolute Gasteiger partial charge is 0.481 e. The van der Waals surface area contributed by atoms with Gasteiger partial charge in [-0.1, -0.05) is 27.7 Å². The van der Waals surface area contributed by atoms with Gasteiger partial charge in [0.2, 0.25) is 17.7 Å². The van der Waals surface area contributed by atoms with Crippen LogP contribution in [0.1, 0.15) is 47.5 Å². The first-order chi connectivity index (χ1) is 14.2. The molecule has 0 saturated heterocycles.